The van der Waals surface area contributed by atoms with Gasteiger partial charge in [-0.2, -0.15) is 0 Å². The fraction of sp³-hybridized carbons (Fsp3) is 0.143. The molecule has 1 heterocycles. The Labute approximate surface area is 125 Å². The third-order valence-electron chi connectivity index (χ3n) is 2.83. The summed E-state index contributed by atoms with van der Waals surface area (Å²) in [5, 5.41) is 33.7. The van der Waals surface area contributed by atoms with Gasteiger partial charge in [0.05, 0.1) is 11.0 Å². The maximum atomic E-state index is 10.6. The highest BCUT2D eigenvalue weighted by molar-refractivity contribution is 5.98. The molecule has 0 atom stereocenters. The number of hydrogen-bond acceptors (Lipinski definition) is 7. The number of hydrogen-bond donors (Lipinski definition) is 2. The minimum atomic E-state index is -0.601. The largest absolute Gasteiger partial charge is 0.507 e. The van der Waals surface area contributed by atoms with E-state index in [-0.39, 0.29) is 29.5 Å². The van der Waals surface area contributed by atoms with Gasteiger partial charge in [-0.3, -0.25) is 15.1 Å². The van der Waals surface area contributed by atoms with E-state index in [2.05, 4.69) is 10.1 Å². The number of oxime groups is 1. The van der Waals surface area contributed by atoms with Gasteiger partial charge in [0.1, 0.15) is 29.5 Å². The second-order valence-electron chi connectivity index (χ2n) is 4.39. The van der Waals surface area contributed by atoms with E-state index in [1.54, 1.807) is 13.0 Å². The highest BCUT2D eigenvalue weighted by Crippen LogP contribution is 2.24. The van der Waals surface area contributed by atoms with Crippen molar-refractivity contribution in [2.75, 3.05) is 0 Å². The Balaban J connectivity index is 2.06. The van der Waals surface area contributed by atoms with E-state index in [1.807, 2.05) is 0 Å². The van der Waals surface area contributed by atoms with Crippen LogP contribution in [0, 0.1) is 10.1 Å². The average Bonchev–Trinajstić information content (AvgIpc) is 2.49. The number of non-ortho nitro benzene ring substituents is 1. The van der Waals surface area contributed by atoms with Crippen LogP contribution in [-0.2, 0) is 11.4 Å². The topological polar surface area (TPSA) is 118 Å². The Kier molecular flexibility index (Phi) is 4.52. The number of phenolic OH excluding ortho intramolecular Hbond substituents is 1. The van der Waals surface area contributed by atoms with Gasteiger partial charge in [0, 0.05) is 17.8 Å². The molecule has 0 aliphatic heterocycles. The minimum Gasteiger partial charge on any atom is -0.507 e. The molecular formula is C14H13N3O5. The second-order valence-corrected chi connectivity index (χ2v) is 4.39. The van der Waals surface area contributed by atoms with Gasteiger partial charge >= 0.3 is 0 Å². The van der Waals surface area contributed by atoms with Crippen molar-refractivity contribution in [1.29, 1.82) is 0 Å². The molecule has 22 heavy (non-hydrogen) atoms. The number of phenols is 1. The Morgan fingerprint density at radius 3 is 2.77 bits per heavy atom. The Morgan fingerprint density at radius 2 is 2.14 bits per heavy atom. The van der Waals surface area contributed by atoms with E-state index in [0.29, 0.717) is 11.3 Å². The van der Waals surface area contributed by atoms with Crippen LogP contribution in [0.15, 0.2) is 41.7 Å². The molecule has 1 aromatic heterocycles. The van der Waals surface area contributed by atoms with Gasteiger partial charge in [-0.15, -0.1) is 0 Å². The normalized spacial score (nSPS) is 11.2. The first-order chi connectivity index (χ1) is 10.5. The van der Waals surface area contributed by atoms with E-state index in [0.717, 1.165) is 6.07 Å². The van der Waals surface area contributed by atoms with Crippen LogP contribution < -0.4 is 0 Å². The SMILES string of the molecule is CC(=NOCc1ccc([N+](=O)[O-])cc1O)c1ncccc1O. The number of nitro groups is 1. The van der Waals surface area contributed by atoms with E-state index in [1.165, 1.54) is 24.4 Å². The van der Waals surface area contributed by atoms with E-state index in [4.69, 9.17) is 4.84 Å². The van der Waals surface area contributed by atoms with Crippen LogP contribution in [0.1, 0.15) is 18.2 Å². The summed E-state index contributed by atoms with van der Waals surface area (Å²) in [5.41, 5.74) is 0.793. The molecule has 8 heteroatoms. The van der Waals surface area contributed by atoms with Crippen molar-refractivity contribution in [3.05, 3.63) is 57.9 Å². The molecule has 2 rings (SSSR count). The monoisotopic (exact) mass is 303 g/mol. The van der Waals surface area contributed by atoms with E-state index in [9.17, 15) is 20.3 Å². The lowest BCUT2D eigenvalue weighted by atomic mass is 10.2. The first kappa shape index (κ1) is 15.2. The predicted octanol–water partition coefficient (Wildman–Crippen LogP) is 2.34. The first-order valence-electron chi connectivity index (χ1n) is 6.26. The first-order valence-corrected chi connectivity index (χ1v) is 6.26. The van der Waals surface area contributed by atoms with Crippen LogP contribution in [0.4, 0.5) is 5.69 Å². The van der Waals surface area contributed by atoms with Crippen molar-refractivity contribution in [2.45, 2.75) is 13.5 Å². The van der Waals surface area contributed by atoms with Crippen LogP contribution in [-0.4, -0.2) is 25.8 Å². The molecule has 1 aromatic carbocycles. The summed E-state index contributed by atoms with van der Waals surface area (Å²) in [6.07, 6.45) is 1.51. The summed E-state index contributed by atoms with van der Waals surface area (Å²) in [6.45, 7) is 1.53. The molecule has 0 saturated heterocycles. The van der Waals surface area contributed by atoms with Crippen molar-refractivity contribution in [3.63, 3.8) is 0 Å². The molecule has 2 N–H and O–H groups in total. The lowest BCUT2D eigenvalue weighted by Gasteiger charge is -2.05. The lowest BCUT2D eigenvalue weighted by molar-refractivity contribution is -0.385. The van der Waals surface area contributed by atoms with Gasteiger partial charge in [-0.05, 0) is 25.1 Å². The average molecular weight is 303 g/mol. The van der Waals surface area contributed by atoms with Crippen molar-refractivity contribution < 1.29 is 20.0 Å². The fourth-order valence-electron chi connectivity index (χ4n) is 1.71. The van der Waals surface area contributed by atoms with Gasteiger partial charge < -0.3 is 15.1 Å². The number of nitrogens with zero attached hydrogens (tertiary/aromatic N) is 3. The minimum absolute atomic E-state index is 0.0227. The quantitative estimate of drug-likeness (QED) is 0.497. The zero-order valence-electron chi connectivity index (χ0n) is 11.6. The zero-order chi connectivity index (χ0) is 16.1. The van der Waals surface area contributed by atoms with Crippen LogP contribution in [0.5, 0.6) is 11.5 Å². The molecule has 0 fully saturated rings. The molecule has 114 valence electrons. The molecule has 8 nitrogen and oxygen atoms in total. The molecule has 0 spiro atoms. The molecule has 0 bridgehead atoms. The van der Waals surface area contributed by atoms with Crippen molar-refractivity contribution in [3.8, 4) is 11.5 Å². The zero-order valence-corrected chi connectivity index (χ0v) is 11.6. The summed E-state index contributed by atoms with van der Waals surface area (Å²) in [4.78, 5) is 19.0. The second kappa shape index (κ2) is 6.53. The van der Waals surface area contributed by atoms with Crippen LogP contribution in [0.25, 0.3) is 0 Å². The number of pyridine rings is 1. The van der Waals surface area contributed by atoms with Crippen molar-refractivity contribution in [2.24, 2.45) is 5.16 Å². The predicted molar refractivity (Wildman–Crippen MR) is 77.7 cm³/mol. The Hall–Kier alpha value is -3.16. The van der Waals surface area contributed by atoms with Crippen LogP contribution >= 0.6 is 0 Å². The summed E-state index contributed by atoms with van der Waals surface area (Å²) < 4.78 is 0. The van der Waals surface area contributed by atoms with Gasteiger partial charge in [-0.1, -0.05) is 5.16 Å². The summed E-state index contributed by atoms with van der Waals surface area (Å²) in [5.74, 6) is -0.270. The maximum absolute atomic E-state index is 10.6. The summed E-state index contributed by atoms with van der Waals surface area (Å²) >= 11 is 0. The van der Waals surface area contributed by atoms with Crippen molar-refractivity contribution in [1.82, 2.24) is 4.98 Å². The summed E-state index contributed by atoms with van der Waals surface area (Å²) in [6, 6.07) is 6.75. The van der Waals surface area contributed by atoms with E-state index >= 15 is 0 Å². The number of aromatic hydroxyl groups is 2. The highest BCUT2D eigenvalue weighted by atomic mass is 16.6. The molecule has 0 amide bonds. The third kappa shape index (κ3) is 3.48. The molecule has 2 aromatic rings. The van der Waals surface area contributed by atoms with Gasteiger partial charge in [0.25, 0.3) is 5.69 Å². The highest BCUT2D eigenvalue weighted by Gasteiger charge is 2.11. The smallest absolute Gasteiger partial charge is 0.273 e. The van der Waals surface area contributed by atoms with E-state index < -0.39 is 4.92 Å². The standard InChI is InChI=1S/C14H13N3O5/c1-9(14-12(18)3-2-6-15-14)16-22-8-10-4-5-11(17(20)21)7-13(10)19/h2-7,18-19H,8H2,1H3. The lowest BCUT2D eigenvalue weighted by Crippen LogP contribution is -2.00. The number of nitro benzene ring substituents is 1. The van der Waals surface area contributed by atoms with Crippen LogP contribution in [0.3, 0.4) is 0 Å². The molecule has 0 aliphatic carbocycles. The molecule has 0 saturated carbocycles. The third-order valence-corrected chi connectivity index (χ3v) is 2.83. The maximum Gasteiger partial charge on any atom is 0.273 e. The fourth-order valence-corrected chi connectivity index (χ4v) is 1.71. The number of rotatable bonds is 5. The van der Waals surface area contributed by atoms with Gasteiger partial charge in [0.15, 0.2) is 0 Å². The molecule has 0 aliphatic rings. The van der Waals surface area contributed by atoms with Gasteiger partial charge in [0.2, 0.25) is 0 Å². The van der Waals surface area contributed by atoms with Crippen LogP contribution in [0.2, 0.25) is 0 Å². The Bertz CT molecular complexity index is 730. The number of benzene rings is 1. The van der Waals surface area contributed by atoms with Gasteiger partial charge in [-0.25, -0.2) is 0 Å². The summed E-state index contributed by atoms with van der Waals surface area (Å²) in [7, 11) is 0. The molecule has 0 radical (unpaired) electrons. The molecular weight excluding hydrogens is 290 g/mol. The number of aromatic nitrogens is 1. The van der Waals surface area contributed by atoms with Crippen molar-refractivity contribution >= 4 is 11.4 Å². The molecule has 0 unspecified atom stereocenters. The Morgan fingerprint density at radius 1 is 1.36 bits per heavy atom.